The number of hydrogen-bond donors (Lipinski definition) is 0. The number of amides is 1. The standard InChI is InChI=1S/C20H20ClN3OS/c21-16-7-5-15(6-8-16)13-20(25)24-11-9-23(10-12-24)14-19-22-17-3-1-2-4-18(17)26-19/h1-8H,9-14H2. The van der Waals surface area contributed by atoms with Crippen LogP contribution in [0.15, 0.2) is 48.5 Å². The van der Waals surface area contributed by atoms with Crippen LogP contribution in [0.4, 0.5) is 0 Å². The Hall–Kier alpha value is -1.95. The Balaban J connectivity index is 1.30. The highest BCUT2D eigenvalue weighted by atomic mass is 35.5. The summed E-state index contributed by atoms with van der Waals surface area (Å²) in [5.74, 6) is 0.187. The molecule has 26 heavy (non-hydrogen) atoms. The quantitative estimate of drug-likeness (QED) is 0.684. The van der Waals surface area contributed by atoms with Gasteiger partial charge in [-0.15, -0.1) is 11.3 Å². The average molecular weight is 386 g/mol. The van der Waals surface area contributed by atoms with E-state index in [4.69, 9.17) is 16.6 Å². The normalized spacial score (nSPS) is 15.5. The first-order chi connectivity index (χ1) is 12.7. The fourth-order valence-electron chi connectivity index (χ4n) is 3.22. The molecule has 1 fully saturated rings. The van der Waals surface area contributed by atoms with E-state index >= 15 is 0 Å². The lowest BCUT2D eigenvalue weighted by atomic mass is 10.1. The number of rotatable bonds is 4. The van der Waals surface area contributed by atoms with Gasteiger partial charge >= 0.3 is 0 Å². The van der Waals surface area contributed by atoms with Crippen molar-refractivity contribution in [3.63, 3.8) is 0 Å². The first kappa shape index (κ1) is 17.5. The molecular formula is C20H20ClN3OS. The van der Waals surface area contributed by atoms with E-state index in [1.54, 1.807) is 11.3 Å². The van der Waals surface area contributed by atoms with Gasteiger partial charge in [0, 0.05) is 31.2 Å². The third-order valence-electron chi connectivity index (χ3n) is 4.69. The van der Waals surface area contributed by atoms with Gasteiger partial charge in [-0.05, 0) is 29.8 Å². The lowest BCUT2D eigenvalue weighted by molar-refractivity contribution is -0.132. The van der Waals surface area contributed by atoms with Gasteiger partial charge in [0.1, 0.15) is 5.01 Å². The Bertz CT molecular complexity index is 868. The number of piperazine rings is 1. The van der Waals surface area contributed by atoms with Crippen LogP contribution in [0.25, 0.3) is 10.2 Å². The summed E-state index contributed by atoms with van der Waals surface area (Å²) in [4.78, 5) is 21.5. The maximum atomic E-state index is 12.5. The van der Waals surface area contributed by atoms with E-state index in [1.807, 2.05) is 35.2 Å². The van der Waals surface area contributed by atoms with Crippen LogP contribution in [0.1, 0.15) is 10.6 Å². The van der Waals surface area contributed by atoms with Crippen LogP contribution in [0.3, 0.4) is 0 Å². The number of nitrogens with zero attached hydrogens (tertiary/aromatic N) is 3. The highest BCUT2D eigenvalue weighted by Crippen LogP contribution is 2.23. The van der Waals surface area contributed by atoms with Crippen molar-refractivity contribution < 1.29 is 4.79 Å². The molecule has 2 aromatic carbocycles. The number of halogens is 1. The summed E-state index contributed by atoms with van der Waals surface area (Å²) in [5.41, 5.74) is 2.08. The average Bonchev–Trinajstić information content (AvgIpc) is 3.06. The Morgan fingerprint density at radius 3 is 2.50 bits per heavy atom. The largest absolute Gasteiger partial charge is 0.340 e. The third-order valence-corrected chi connectivity index (χ3v) is 5.96. The molecule has 4 nitrogen and oxygen atoms in total. The molecule has 1 amide bonds. The van der Waals surface area contributed by atoms with Crippen molar-refractivity contribution in [3.05, 3.63) is 64.1 Å². The number of benzene rings is 2. The smallest absolute Gasteiger partial charge is 0.227 e. The van der Waals surface area contributed by atoms with Gasteiger partial charge in [0.25, 0.3) is 0 Å². The van der Waals surface area contributed by atoms with Gasteiger partial charge in [-0.3, -0.25) is 9.69 Å². The zero-order valence-electron chi connectivity index (χ0n) is 14.4. The summed E-state index contributed by atoms with van der Waals surface area (Å²) in [7, 11) is 0. The highest BCUT2D eigenvalue weighted by molar-refractivity contribution is 7.18. The van der Waals surface area contributed by atoms with Gasteiger partial charge in [0.15, 0.2) is 0 Å². The van der Waals surface area contributed by atoms with Gasteiger partial charge in [0.05, 0.1) is 23.2 Å². The lowest BCUT2D eigenvalue weighted by Crippen LogP contribution is -2.48. The van der Waals surface area contributed by atoms with Crippen LogP contribution in [0, 0.1) is 0 Å². The van der Waals surface area contributed by atoms with Crippen LogP contribution < -0.4 is 0 Å². The third kappa shape index (κ3) is 4.06. The summed E-state index contributed by atoms with van der Waals surface area (Å²) < 4.78 is 1.24. The minimum Gasteiger partial charge on any atom is -0.340 e. The van der Waals surface area contributed by atoms with Crippen molar-refractivity contribution in [3.8, 4) is 0 Å². The Kier molecular flexibility index (Phi) is 5.20. The van der Waals surface area contributed by atoms with E-state index < -0.39 is 0 Å². The molecule has 0 unspecified atom stereocenters. The minimum absolute atomic E-state index is 0.187. The summed E-state index contributed by atoms with van der Waals surface area (Å²) in [5, 5.41) is 1.84. The molecular weight excluding hydrogens is 366 g/mol. The SMILES string of the molecule is O=C(Cc1ccc(Cl)cc1)N1CCN(Cc2nc3ccccc3s2)CC1. The Morgan fingerprint density at radius 2 is 1.77 bits per heavy atom. The number of carbonyl (C=O) groups is 1. The van der Waals surface area contributed by atoms with Gasteiger partial charge in [0.2, 0.25) is 5.91 Å². The molecule has 0 spiro atoms. The highest BCUT2D eigenvalue weighted by Gasteiger charge is 2.22. The van der Waals surface area contributed by atoms with Crippen LogP contribution in [-0.2, 0) is 17.8 Å². The molecule has 0 aliphatic carbocycles. The van der Waals surface area contributed by atoms with Crippen molar-refractivity contribution in [2.24, 2.45) is 0 Å². The van der Waals surface area contributed by atoms with Crippen molar-refractivity contribution in [1.29, 1.82) is 0 Å². The predicted octanol–water partition coefficient (Wildman–Crippen LogP) is 3.84. The number of thiazole rings is 1. The minimum atomic E-state index is 0.187. The van der Waals surface area contributed by atoms with E-state index in [9.17, 15) is 4.79 Å². The zero-order valence-corrected chi connectivity index (χ0v) is 16.0. The van der Waals surface area contributed by atoms with Crippen molar-refractivity contribution in [2.75, 3.05) is 26.2 Å². The van der Waals surface area contributed by atoms with Crippen LogP contribution in [0.5, 0.6) is 0 Å². The second-order valence-electron chi connectivity index (χ2n) is 6.54. The van der Waals surface area contributed by atoms with Crippen LogP contribution in [-0.4, -0.2) is 46.9 Å². The first-order valence-corrected chi connectivity index (χ1v) is 9.96. The van der Waals surface area contributed by atoms with Gasteiger partial charge < -0.3 is 4.90 Å². The number of para-hydroxylation sites is 1. The molecule has 4 rings (SSSR count). The molecule has 0 saturated carbocycles. The Labute approximate surface area is 162 Å². The van der Waals surface area contributed by atoms with E-state index in [-0.39, 0.29) is 5.91 Å². The molecule has 1 aliphatic heterocycles. The zero-order chi connectivity index (χ0) is 17.9. The van der Waals surface area contributed by atoms with Crippen LogP contribution >= 0.6 is 22.9 Å². The molecule has 2 heterocycles. The molecule has 0 atom stereocenters. The first-order valence-electron chi connectivity index (χ1n) is 8.76. The predicted molar refractivity (Wildman–Crippen MR) is 107 cm³/mol. The molecule has 1 saturated heterocycles. The molecule has 134 valence electrons. The summed E-state index contributed by atoms with van der Waals surface area (Å²) in [6.07, 6.45) is 0.440. The number of aromatic nitrogens is 1. The fourth-order valence-corrected chi connectivity index (χ4v) is 4.36. The van der Waals surface area contributed by atoms with Crippen molar-refractivity contribution in [1.82, 2.24) is 14.8 Å². The topological polar surface area (TPSA) is 36.4 Å². The monoisotopic (exact) mass is 385 g/mol. The molecule has 0 N–H and O–H groups in total. The van der Waals surface area contributed by atoms with Crippen molar-refractivity contribution in [2.45, 2.75) is 13.0 Å². The summed E-state index contributed by atoms with van der Waals surface area (Å²) >= 11 is 7.66. The molecule has 6 heteroatoms. The lowest BCUT2D eigenvalue weighted by Gasteiger charge is -2.34. The number of carbonyl (C=O) groups excluding carboxylic acids is 1. The summed E-state index contributed by atoms with van der Waals surface area (Å²) in [6, 6.07) is 15.8. The Morgan fingerprint density at radius 1 is 1.04 bits per heavy atom. The molecule has 1 aromatic heterocycles. The molecule has 1 aliphatic rings. The van der Waals surface area contributed by atoms with Gasteiger partial charge in [-0.2, -0.15) is 0 Å². The van der Waals surface area contributed by atoms with Gasteiger partial charge in [-0.25, -0.2) is 4.98 Å². The number of fused-ring (bicyclic) bond motifs is 1. The van der Waals surface area contributed by atoms with Gasteiger partial charge in [-0.1, -0.05) is 35.9 Å². The van der Waals surface area contributed by atoms with E-state index in [0.717, 1.165) is 48.8 Å². The fraction of sp³-hybridized carbons (Fsp3) is 0.300. The maximum absolute atomic E-state index is 12.5. The maximum Gasteiger partial charge on any atom is 0.227 e. The van der Waals surface area contributed by atoms with Crippen LogP contribution in [0.2, 0.25) is 5.02 Å². The number of hydrogen-bond acceptors (Lipinski definition) is 4. The molecule has 0 bridgehead atoms. The van der Waals surface area contributed by atoms with E-state index in [0.29, 0.717) is 11.4 Å². The van der Waals surface area contributed by atoms with Crippen molar-refractivity contribution >= 4 is 39.1 Å². The van der Waals surface area contributed by atoms with E-state index in [1.165, 1.54) is 4.70 Å². The molecule has 3 aromatic rings. The second kappa shape index (κ2) is 7.74. The molecule has 0 radical (unpaired) electrons. The van der Waals surface area contributed by atoms with E-state index in [2.05, 4.69) is 23.1 Å². The second-order valence-corrected chi connectivity index (χ2v) is 8.09. The summed E-state index contributed by atoms with van der Waals surface area (Å²) in [6.45, 7) is 4.19.